The van der Waals surface area contributed by atoms with Gasteiger partial charge < -0.3 is 14.4 Å². The monoisotopic (exact) mass is 310 g/mol. The molecule has 3 rings (SSSR count). The molecule has 4 nitrogen and oxygen atoms in total. The summed E-state index contributed by atoms with van der Waals surface area (Å²) in [7, 11) is 0. The lowest BCUT2D eigenvalue weighted by atomic mass is 10.2. The number of aryl methyl sites for hydroxylation is 3. The average molecular weight is 310 g/mol. The van der Waals surface area contributed by atoms with Gasteiger partial charge in [-0.1, -0.05) is 18.2 Å². The Kier molecular flexibility index (Phi) is 4.63. The highest BCUT2D eigenvalue weighted by Crippen LogP contribution is 2.19. The summed E-state index contributed by atoms with van der Waals surface area (Å²) in [5, 5.41) is 9.54. The van der Waals surface area contributed by atoms with Crippen LogP contribution < -0.4 is 4.74 Å². The normalized spacial score (nSPS) is 11.1. The van der Waals surface area contributed by atoms with Crippen molar-refractivity contribution in [3.8, 4) is 5.75 Å². The molecule has 0 atom stereocenters. The van der Waals surface area contributed by atoms with Crippen LogP contribution in [0.15, 0.2) is 42.5 Å². The van der Waals surface area contributed by atoms with Gasteiger partial charge in [-0.2, -0.15) is 0 Å². The molecule has 0 spiro atoms. The lowest BCUT2D eigenvalue weighted by Crippen LogP contribution is -2.08. The van der Waals surface area contributed by atoms with Crippen molar-refractivity contribution < 1.29 is 9.84 Å². The van der Waals surface area contributed by atoms with Crippen LogP contribution in [0.5, 0.6) is 5.75 Å². The first-order chi connectivity index (χ1) is 11.2. The van der Waals surface area contributed by atoms with Crippen molar-refractivity contribution in [2.75, 3.05) is 6.61 Å². The Balaban J connectivity index is 1.67. The van der Waals surface area contributed by atoms with E-state index in [4.69, 9.17) is 4.74 Å². The summed E-state index contributed by atoms with van der Waals surface area (Å²) in [5.74, 6) is 1.61. The van der Waals surface area contributed by atoms with Gasteiger partial charge in [0, 0.05) is 6.54 Å². The van der Waals surface area contributed by atoms with Gasteiger partial charge >= 0.3 is 0 Å². The number of aromatic nitrogens is 2. The maximum absolute atomic E-state index is 9.54. The Morgan fingerprint density at radius 1 is 1.09 bits per heavy atom. The first-order valence-corrected chi connectivity index (χ1v) is 7.93. The third-order valence-electron chi connectivity index (χ3n) is 3.91. The van der Waals surface area contributed by atoms with E-state index in [1.807, 2.05) is 31.2 Å². The number of ether oxygens (including phenoxy) is 1. The second-order valence-electron chi connectivity index (χ2n) is 5.85. The zero-order valence-electron chi connectivity index (χ0n) is 13.6. The number of nitrogens with zero attached hydrogens (tertiary/aromatic N) is 2. The molecule has 120 valence electrons. The Labute approximate surface area is 136 Å². The standard InChI is InChI=1S/C19H22N2O2/c1-14-5-3-6-16(11-14)23-10-4-9-21-18-8-7-15(2)12-17(18)20-19(21)13-22/h3,5-8,11-12,22H,4,9-10,13H2,1-2H3. The fourth-order valence-electron chi connectivity index (χ4n) is 2.78. The number of rotatable bonds is 6. The summed E-state index contributed by atoms with van der Waals surface area (Å²) in [6.07, 6.45) is 0.861. The van der Waals surface area contributed by atoms with E-state index in [9.17, 15) is 5.11 Å². The predicted molar refractivity (Wildman–Crippen MR) is 91.7 cm³/mol. The summed E-state index contributed by atoms with van der Waals surface area (Å²) < 4.78 is 7.87. The van der Waals surface area contributed by atoms with E-state index >= 15 is 0 Å². The summed E-state index contributed by atoms with van der Waals surface area (Å²) >= 11 is 0. The van der Waals surface area contributed by atoms with Gasteiger partial charge in [-0.05, 0) is 55.7 Å². The number of fused-ring (bicyclic) bond motifs is 1. The molecule has 1 aromatic heterocycles. The largest absolute Gasteiger partial charge is 0.494 e. The van der Waals surface area contributed by atoms with Gasteiger partial charge in [0.25, 0.3) is 0 Å². The summed E-state index contributed by atoms with van der Waals surface area (Å²) in [6, 6.07) is 14.3. The van der Waals surface area contributed by atoms with Gasteiger partial charge in [-0.15, -0.1) is 0 Å². The quantitative estimate of drug-likeness (QED) is 0.707. The number of hydrogen-bond acceptors (Lipinski definition) is 3. The molecular formula is C19H22N2O2. The molecule has 0 radical (unpaired) electrons. The van der Waals surface area contributed by atoms with Crippen LogP contribution in [0.3, 0.4) is 0 Å². The zero-order valence-corrected chi connectivity index (χ0v) is 13.6. The predicted octanol–water partition coefficient (Wildman–Crippen LogP) is 3.61. The molecule has 0 saturated carbocycles. The highest BCUT2D eigenvalue weighted by atomic mass is 16.5. The van der Waals surface area contributed by atoms with E-state index in [-0.39, 0.29) is 6.61 Å². The van der Waals surface area contributed by atoms with E-state index < -0.39 is 0 Å². The number of aliphatic hydroxyl groups excluding tert-OH is 1. The van der Waals surface area contributed by atoms with Gasteiger partial charge in [0.15, 0.2) is 0 Å². The molecule has 0 aliphatic heterocycles. The Morgan fingerprint density at radius 2 is 1.91 bits per heavy atom. The van der Waals surface area contributed by atoms with Crippen molar-refractivity contribution >= 4 is 11.0 Å². The van der Waals surface area contributed by atoms with E-state index in [1.165, 1.54) is 11.1 Å². The molecule has 0 unspecified atom stereocenters. The van der Waals surface area contributed by atoms with Crippen molar-refractivity contribution in [1.29, 1.82) is 0 Å². The highest BCUT2D eigenvalue weighted by molar-refractivity contribution is 5.76. The second-order valence-corrected chi connectivity index (χ2v) is 5.85. The summed E-state index contributed by atoms with van der Waals surface area (Å²) in [4.78, 5) is 4.51. The number of hydrogen-bond donors (Lipinski definition) is 1. The third kappa shape index (κ3) is 3.54. The Morgan fingerprint density at radius 3 is 2.70 bits per heavy atom. The minimum atomic E-state index is -0.0491. The SMILES string of the molecule is Cc1cccc(OCCCn2c(CO)nc3cc(C)ccc32)c1. The van der Waals surface area contributed by atoms with Gasteiger partial charge in [0.2, 0.25) is 0 Å². The zero-order chi connectivity index (χ0) is 16.2. The molecule has 2 aromatic carbocycles. The molecule has 23 heavy (non-hydrogen) atoms. The fourth-order valence-corrected chi connectivity index (χ4v) is 2.78. The van der Waals surface area contributed by atoms with Crippen LogP contribution in [0.25, 0.3) is 11.0 Å². The first kappa shape index (κ1) is 15.6. The van der Waals surface area contributed by atoms with E-state index in [0.717, 1.165) is 29.7 Å². The van der Waals surface area contributed by atoms with Crippen LogP contribution in [0.4, 0.5) is 0 Å². The molecule has 0 bridgehead atoms. The van der Waals surface area contributed by atoms with Crippen LogP contribution in [0.1, 0.15) is 23.4 Å². The Bertz CT molecular complexity index is 808. The van der Waals surface area contributed by atoms with Crippen molar-refractivity contribution in [3.05, 3.63) is 59.4 Å². The average Bonchev–Trinajstić information content (AvgIpc) is 2.88. The smallest absolute Gasteiger partial charge is 0.135 e. The topological polar surface area (TPSA) is 47.3 Å². The van der Waals surface area contributed by atoms with E-state index in [1.54, 1.807) is 0 Å². The first-order valence-electron chi connectivity index (χ1n) is 7.93. The van der Waals surface area contributed by atoms with Gasteiger partial charge in [-0.25, -0.2) is 4.98 Å². The minimum Gasteiger partial charge on any atom is -0.494 e. The molecule has 4 heteroatoms. The van der Waals surface area contributed by atoms with Crippen molar-refractivity contribution in [2.24, 2.45) is 0 Å². The number of imidazole rings is 1. The van der Waals surface area contributed by atoms with Gasteiger partial charge in [0.1, 0.15) is 18.2 Å². The molecular weight excluding hydrogens is 288 g/mol. The van der Waals surface area contributed by atoms with Crippen molar-refractivity contribution in [1.82, 2.24) is 9.55 Å². The van der Waals surface area contributed by atoms with Crippen molar-refractivity contribution in [2.45, 2.75) is 33.4 Å². The molecule has 0 aliphatic rings. The van der Waals surface area contributed by atoms with E-state index in [0.29, 0.717) is 12.4 Å². The maximum atomic E-state index is 9.54. The van der Waals surface area contributed by atoms with Crippen molar-refractivity contribution in [3.63, 3.8) is 0 Å². The molecule has 1 heterocycles. The lowest BCUT2D eigenvalue weighted by molar-refractivity contribution is 0.261. The molecule has 0 fully saturated rings. The molecule has 0 amide bonds. The number of aliphatic hydroxyl groups is 1. The lowest BCUT2D eigenvalue weighted by Gasteiger charge is -2.10. The summed E-state index contributed by atoms with van der Waals surface area (Å²) in [6.45, 7) is 5.47. The van der Waals surface area contributed by atoms with E-state index in [2.05, 4.69) is 34.7 Å². The van der Waals surface area contributed by atoms with Crippen LogP contribution in [0, 0.1) is 13.8 Å². The third-order valence-corrected chi connectivity index (χ3v) is 3.91. The number of benzene rings is 2. The van der Waals surface area contributed by atoms with Gasteiger partial charge in [-0.3, -0.25) is 0 Å². The second kappa shape index (κ2) is 6.84. The maximum Gasteiger partial charge on any atom is 0.135 e. The van der Waals surface area contributed by atoms with Crippen LogP contribution in [0.2, 0.25) is 0 Å². The highest BCUT2D eigenvalue weighted by Gasteiger charge is 2.09. The van der Waals surface area contributed by atoms with Crippen LogP contribution in [-0.2, 0) is 13.2 Å². The molecule has 3 aromatic rings. The van der Waals surface area contributed by atoms with Crippen LogP contribution >= 0.6 is 0 Å². The molecule has 0 aliphatic carbocycles. The fraction of sp³-hybridized carbons (Fsp3) is 0.316. The molecule has 0 saturated heterocycles. The summed E-state index contributed by atoms with van der Waals surface area (Å²) in [5.41, 5.74) is 4.37. The van der Waals surface area contributed by atoms with Gasteiger partial charge in [0.05, 0.1) is 17.6 Å². The Hall–Kier alpha value is -2.33. The van der Waals surface area contributed by atoms with Crippen LogP contribution in [-0.4, -0.2) is 21.3 Å². The molecule has 1 N–H and O–H groups in total. The minimum absolute atomic E-state index is 0.0491.